The highest BCUT2D eigenvalue weighted by Gasteiger charge is 2.34. The minimum Gasteiger partial charge on any atom is -0.460 e. The van der Waals surface area contributed by atoms with Gasteiger partial charge in [-0.2, -0.15) is 18.4 Å². The lowest BCUT2D eigenvalue weighted by Crippen LogP contribution is -2.49. The zero-order chi connectivity index (χ0) is 28.3. The number of rotatable bonds is 7. The summed E-state index contributed by atoms with van der Waals surface area (Å²) in [5.74, 6) is 0.834. The quantitative estimate of drug-likeness (QED) is 0.369. The molecule has 0 spiro atoms. The fourth-order valence-electron chi connectivity index (χ4n) is 5.38. The second-order valence-corrected chi connectivity index (χ2v) is 10.8. The van der Waals surface area contributed by atoms with Gasteiger partial charge in [0.25, 0.3) is 0 Å². The van der Waals surface area contributed by atoms with Gasteiger partial charge in [0, 0.05) is 48.3 Å². The molecule has 2 aromatic carbocycles. The van der Waals surface area contributed by atoms with Gasteiger partial charge >= 0.3 is 6.18 Å². The predicted octanol–water partition coefficient (Wildman–Crippen LogP) is 6.06. The molecule has 0 atom stereocenters. The lowest BCUT2D eigenvalue weighted by molar-refractivity contribution is -0.140. The number of fused-ring (bicyclic) bond motifs is 1. The molecule has 2 fully saturated rings. The van der Waals surface area contributed by atoms with Gasteiger partial charge in [-0.05, 0) is 68.1 Å². The van der Waals surface area contributed by atoms with Crippen LogP contribution in [0.2, 0.25) is 5.02 Å². The van der Waals surface area contributed by atoms with Crippen LogP contribution in [0.4, 0.5) is 18.9 Å². The van der Waals surface area contributed by atoms with Crippen molar-refractivity contribution in [2.24, 2.45) is 0 Å². The molecular formula is C29H30ClF3N4O3. The molecule has 1 aliphatic heterocycles. The van der Waals surface area contributed by atoms with Crippen molar-refractivity contribution < 1.29 is 27.1 Å². The van der Waals surface area contributed by atoms with E-state index in [-0.39, 0.29) is 24.7 Å². The first-order valence-electron chi connectivity index (χ1n) is 13.4. The summed E-state index contributed by atoms with van der Waals surface area (Å²) in [7, 11) is 0. The second kappa shape index (κ2) is 12.1. The SMILES string of the molecule is N#Cc1ccc(N[C@H]2CC[C@H](OCC(=O)N3CCN(Cc4cc5cc(Cl)ccc5o4)CC3)CC2)cc1C(F)(F)F. The molecule has 7 nitrogen and oxygen atoms in total. The third-order valence-corrected chi connectivity index (χ3v) is 7.80. The largest absolute Gasteiger partial charge is 0.460 e. The number of carbonyl (C=O) groups is 1. The summed E-state index contributed by atoms with van der Waals surface area (Å²) in [5.41, 5.74) is -0.177. The fraction of sp³-hybridized carbons (Fsp3) is 0.448. The summed E-state index contributed by atoms with van der Waals surface area (Å²) in [4.78, 5) is 16.8. The minimum absolute atomic E-state index is 0.00129. The molecule has 1 amide bonds. The van der Waals surface area contributed by atoms with Gasteiger partial charge in [0.05, 0.1) is 29.8 Å². The van der Waals surface area contributed by atoms with E-state index in [1.807, 2.05) is 23.1 Å². The third kappa shape index (κ3) is 6.89. The van der Waals surface area contributed by atoms with Gasteiger partial charge in [-0.25, -0.2) is 0 Å². The Labute approximate surface area is 235 Å². The lowest BCUT2D eigenvalue weighted by atomic mass is 9.92. The molecule has 1 saturated carbocycles. The van der Waals surface area contributed by atoms with Crippen LogP contribution in [-0.4, -0.2) is 60.6 Å². The summed E-state index contributed by atoms with van der Waals surface area (Å²) in [5, 5.41) is 13.8. The second-order valence-electron chi connectivity index (χ2n) is 10.4. The van der Waals surface area contributed by atoms with Crippen molar-refractivity contribution in [3.63, 3.8) is 0 Å². The Morgan fingerprint density at radius 3 is 2.52 bits per heavy atom. The van der Waals surface area contributed by atoms with Crippen LogP contribution in [0.25, 0.3) is 11.0 Å². The average Bonchev–Trinajstić information content (AvgIpc) is 3.33. The van der Waals surface area contributed by atoms with E-state index in [0.29, 0.717) is 56.0 Å². The molecular weight excluding hydrogens is 545 g/mol. The Hall–Kier alpha value is -3.26. The first kappa shape index (κ1) is 28.3. The molecule has 0 unspecified atom stereocenters. The molecule has 1 aromatic heterocycles. The maximum absolute atomic E-state index is 13.2. The van der Waals surface area contributed by atoms with Crippen LogP contribution in [-0.2, 0) is 22.3 Å². The van der Waals surface area contributed by atoms with Crippen LogP contribution in [0.3, 0.4) is 0 Å². The van der Waals surface area contributed by atoms with Crippen molar-refractivity contribution in [1.82, 2.24) is 9.80 Å². The Bertz CT molecular complexity index is 1390. The monoisotopic (exact) mass is 574 g/mol. The molecule has 0 bridgehead atoms. The molecule has 1 aliphatic carbocycles. The van der Waals surface area contributed by atoms with E-state index in [1.165, 1.54) is 12.1 Å². The first-order chi connectivity index (χ1) is 19.2. The number of nitrogens with zero attached hydrogens (tertiary/aromatic N) is 3. The summed E-state index contributed by atoms with van der Waals surface area (Å²) in [6, 6.07) is 12.8. The van der Waals surface area contributed by atoms with Crippen molar-refractivity contribution in [1.29, 1.82) is 5.26 Å². The van der Waals surface area contributed by atoms with Gasteiger partial charge in [0.1, 0.15) is 18.0 Å². The Kier molecular flexibility index (Phi) is 8.54. The zero-order valence-corrected chi connectivity index (χ0v) is 22.6. The normalized spacial score (nSPS) is 20.4. The molecule has 11 heteroatoms. The molecule has 212 valence electrons. The van der Waals surface area contributed by atoms with Crippen LogP contribution in [0, 0.1) is 11.3 Å². The maximum Gasteiger partial charge on any atom is 0.417 e. The van der Waals surface area contributed by atoms with Gasteiger partial charge in [0.15, 0.2) is 0 Å². The van der Waals surface area contributed by atoms with E-state index < -0.39 is 17.3 Å². The van der Waals surface area contributed by atoms with E-state index in [1.54, 1.807) is 12.1 Å². The number of furan rings is 1. The molecule has 2 aliphatic rings. The number of nitriles is 1. The van der Waals surface area contributed by atoms with E-state index in [0.717, 1.165) is 35.9 Å². The van der Waals surface area contributed by atoms with Crippen LogP contribution in [0.5, 0.6) is 0 Å². The predicted molar refractivity (Wildman–Crippen MR) is 145 cm³/mol. The van der Waals surface area contributed by atoms with Gasteiger partial charge in [-0.3, -0.25) is 9.69 Å². The molecule has 1 N–H and O–H groups in total. The zero-order valence-electron chi connectivity index (χ0n) is 21.8. The average molecular weight is 575 g/mol. The number of benzene rings is 2. The van der Waals surface area contributed by atoms with Crippen LogP contribution in [0.15, 0.2) is 46.9 Å². The Morgan fingerprint density at radius 2 is 1.82 bits per heavy atom. The summed E-state index contributed by atoms with van der Waals surface area (Å²) in [6.45, 7) is 3.42. The number of halogens is 4. The number of hydrogen-bond donors (Lipinski definition) is 1. The van der Waals surface area contributed by atoms with Gasteiger partial charge in [-0.15, -0.1) is 0 Å². The number of alkyl halides is 3. The highest BCUT2D eigenvalue weighted by molar-refractivity contribution is 6.31. The summed E-state index contributed by atoms with van der Waals surface area (Å²) < 4.78 is 51.6. The van der Waals surface area contributed by atoms with Gasteiger partial charge in [-0.1, -0.05) is 11.6 Å². The molecule has 0 radical (unpaired) electrons. The summed E-state index contributed by atoms with van der Waals surface area (Å²) >= 11 is 6.06. The Morgan fingerprint density at radius 1 is 1.07 bits per heavy atom. The van der Waals surface area contributed by atoms with Crippen LogP contribution < -0.4 is 5.32 Å². The maximum atomic E-state index is 13.2. The van der Waals surface area contributed by atoms with E-state index in [9.17, 15) is 18.0 Å². The number of ether oxygens (including phenoxy) is 1. The minimum atomic E-state index is -4.59. The summed E-state index contributed by atoms with van der Waals surface area (Å²) in [6.07, 6.45) is -1.79. The third-order valence-electron chi connectivity index (χ3n) is 7.57. The molecule has 2 heterocycles. The van der Waals surface area contributed by atoms with Crippen LogP contribution >= 0.6 is 11.6 Å². The topological polar surface area (TPSA) is 81.7 Å². The number of hydrogen-bond acceptors (Lipinski definition) is 6. The smallest absolute Gasteiger partial charge is 0.417 e. The number of anilines is 1. The standard InChI is InChI=1S/C29H30ClF3N4O3/c30-21-2-8-27-20(13-21)14-25(40-27)17-36-9-11-37(12-10-36)28(38)18-39-24-6-4-22(5-7-24)35-23-3-1-19(16-34)26(15-23)29(31,32)33/h1-3,8,13-15,22,24,35H,4-7,9-12,17-18H2/t22-,24-. The molecule has 1 saturated heterocycles. The molecule has 5 rings (SSSR count). The Balaban J connectivity index is 1.02. The fourth-order valence-corrected chi connectivity index (χ4v) is 5.56. The van der Waals surface area contributed by atoms with Crippen molar-refractivity contribution in [3.05, 3.63) is 64.4 Å². The highest BCUT2D eigenvalue weighted by Crippen LogP contribution is 2.34. The van der Waals surface area contributed by atoms with Crippen molar-refractivity contribution >= 4 is 34.2 Å². The van der Waals surface area contributed by atoms with E-state index in [4.69, 9.17) is 26.0 Å². The van der Waals surface area contributed by atoms with Gasteiger partial charge < -0.3 is 19.4 Å². The molecule has 3 aromatic rings. The number of nitrogens with one attached hydrogen (secondary N) is 1. The van der Waals surface area contributed by atoms with Crippen LogP contribution in [0.1, 0.15) is 42.6 Å². The van der Waals surface area contributed by atoms with Gasteiger partial charge in [0.2, 0.25) is 5.91 Å². The number of amides is 1. The van der Waals surface area contributed by atoms with E-state index in [2.05, 4.69) is 10.2 Å². The van der Waals surface area contributed by atoms with Crippen molar-refractivity contribution in [2.75, 3.05) is 38.1 Å². The lowest BCUT2D eigenvalue weighted by Gasteiger charge is -2.35. The first-order valence-corrected chi connectivity index (χ1v) is 13.7. The number of carbonyl (C=O) groups excluding carboxylic acids is 1. The van der Waals surface area contributed by atoms with Crippen molar-refractivity contribution in [2.45, 2.75) is 50.6 Å². The van der Waals surface area contributed by atoms with E-state index >= 15 is 0 Å². The molecule has 40 heavy (non-hydrogen) atoms. The van der Waals surface area contributed by atoms with Crippen molar-refractivity contribution in [3.8, 4) is 6.07 Å². The highest BCUT2D eigenvalue weighted by atomic mass is 35.5. The number of piperazine rings is 1.